The monoisotopic (exact) mass is 330 g/mol. The zero-order valence-corrected chi connectivity index (χ0v) is 15.0. The Morgan fingerprint density at radius 1 is 1.29 bits per heavy atom. The van der Waals surface area contributed by atoms with Gasteiger partial charge in [-0.15, -0.1) is 0 Å². The lowest BCUT2D eigenvalue weighted by molar-refractivity contribution is 0.200. The Labute approximate surface area is 145 Å². The Balaban J connectivity index is 1.54. The van der Waals surface area contributed by atoms with E-state index in [1.807, 2.05) is 6.07 Å². The molecule has 1 fully saturated rings. The maximum Gasteiger partial charge on any atom is 0.412 e. The van der Waals surface area contributed by atoms with Crippen molar-refractivity contribution in [3.63, 3.8) is 0 Å². The average Bonchev–Trinajstić information content (AvgIpc) is 3.13. The summed E-state index contributed by atoms with van der Waals surface area (Å²) in [5.41, 5.74) is 2.82. The number of nitrogens with zero attached hydrogens (tertiary/aromatic N) is 1. The summed E-state index contributed by atoms with van der Waals surface area (Å²) >= 11 is 0. The third-order valence-corrected chi connectivity index (χ3v) is 5.52. The molecular formula is C20H30N2O2. The van der Waals surface area contributed by atoms with Gasteiger partial charge in [0, 0.05) is 18.5 Å². The fraction of sp³-hybridized carbons (Fsp3) is 0.650. The van der Waals surface area contributed by atoms with Crippen molar-refractivity contribution in [3.05, 3.63) is 29.3 Å². The van der Waals surface area contributed by atoms with Crippen LogP contribution in [0.1, 0.15) is 63.0 Å². The first-order chi connectivity index (χ1) is 11.7. The highest BCUT2D eigenvalue weighted by Crippen LogP contribution is 2.44. The molecule has 0 saturated carbocycles. The van der Waals surface area contributed by atoms with E-state index >= 15 is 0 Å². The molecule has 0 spiro atoms. The third-order valence-electron chi connectivity index (χ3n) is 5.52. The first kappa shape index (κ1) is 17.3. The molecule has 3 rings (SSSR count). The number of carbonyl (C=O) groups is 1. The average molecular weight is 330 g/mol. The molecule has 0 bridgehead atoms. The first-order valence-electron chi connectivity index (χ1n) is 9.55. The van der Waals surface area contributed by atoms with Gasteiger partial charge in [0.15, 0.2) is 0 Å². The van der Waals surface area contributed by atoms with Crippen molar-refractivity contribution in [3.8, 4) is 5.75 Å². The topological polar surface area (TPSA) is 41.6 Å². The minimum Gasteiger partial charge on any atom is -0.410 e. The smallest absolute Gasteiger partial charge is 0.410 e. The van der Waals surface area contributed by atoms with Gasteiger partial charge in [-0.25, -0.2) is 4.79 Å². The van der Waals surface area contributed by atoms with Crippen molar-refractivity contribution in [1.82, 2.24) is 10.2 Å². The SMILES string of the molecule is CCCCCCNC(=O)Oc1ccc2c(c1)[C@H]1CCN(CC)[C@H]1C2. The van der Waals surface area contributed by atoms with Crippen molar-refractivity contribution in [2.24, 2.45) is 0 Å². The second-order valence-corrected chi connectivity index (χ2v) is 7.03. The number of benzene rings is 1. The Kier molecular flexibility index (Phi) is 5.77. The largest absolute Gasteiger partial charge is 0.412 e. The van der Waals surface area contributed by atoms with Crippen LogP contribution in [0.4, 0.5) is 4.79 Å². The molecule has 1 N–H and O–H groups in total. The Morgan fingerprint density at radius 3 is 2.96 bits per heavy atom. The molecule has 1 aliphatic heterocycles. The maximum atomic E-state index is 11.9. The Morgan fingerprint density at radius 2 is 2.17 bits per heavy atom. The molecule has 2 atom stereocenters. The molecule has 132 valence electrons. The lowest BCUT2D eigenvalue weighted by Gasteiger charge is -2.21. The van der Waals surface area contributed by atoms with E-state index in [0.717, 1.165) is 25.8 Å². The van der Waals surface area contributed by atoms with Gasteiger partial charge < -0.3 is 10.1 Å². The lowest BCUT2D eigenvalue weighted by Crippen LogP contribution is -2.30. The molecule has 1 aromatic carbocycles. The molecule has 1 amide bonds. The van der Waals surface area contributed by atoms with Gasteiger partial charge in [-0.1, -0.05) is 39.2 Å². The minimum atomic E-state index is -0.331. The van der Waals surface area contributed by atoms with Crippen molar-refractivity contribution < 1.29 is 9.53 Å². The van der Waals surface area contributed by atoms with Crippen LogP contribution in [0.2, 0.25) is 0 Å². The Hall–Kier alpha value is -1.55. The van der Waals surface area contributed by atoms with E-state index in [2.05, 4.69) is 36.2 Å². The molecule has 0 radical (unpaired) electrons. The molecule has 1 aromatic rings. The van der Waals surface area contributed by atoms with Crippen LogP contribution < -0.4 is 10.1 Å². The number of likely N-dealkylation sites (N-methyl/N-ethyl adjacent to an activating group) is 1. The summed E-state index contributed by atoms with van der Waals surface area (Å²) in [5, 5.41) is 2.85. The highest BCUT2D eigenvalue weighted by atomic mass is 16.6. The highest BCUT2D eigenvalue weighted by molar-refractivity contribution is 5.70. The number of ether oxygens (including phenoxy) is 1. The van der Waals surface area contributed by atoms with Gasteiger partial charge in [-0.2, -0.15) is 0 Å². The maximum absolute atomic E-state index is 11.9. The van der Waals surface area contributed by atoms with Crippen LogP contribution in [0, 0.1) is 0 Å². The molecule has 1 aliphatic carbocycles. The standard InChI is InChI=1S/C20H30N2O2/c1-3-5-6-7-11-21-20(23)24-16-9-8-15-13-19-17(18(15)14-16)10-12-22(19)4-2/h8-9,14,17,19H,3-7,10-13H2,1-2H3,(H,21,23)/t17-,19+/m1/s1. The van der Waals surface area contributed by atoms with Gasteiger partial charge >= 0.3 is 6.09 Å². The van der Waals surface area contributed by atoms with Crippen LogP contribution in [0.5, 0.6) is 5.75 Å². The number of rotatable bonds is 7. The molecule has 0 unspecified atom stereocenters. The minimum absolute atomic E-state index is 0.331. The van der Waals surface area contributed by atoms with E-state index in [-0.39, 0.29) is 6.09 Å². The zero-order chi connectivity index (χ0) is 16.9. The second kappa shape index (κ2) is 8.02. The van der Waals surface area contributed by atoms with Crippen molar-refractivity contribution in [2.45, 2.75) is 64.3 Å². The van der Waals surface area contributed by atoms with E-state index in [1.165, 1.54) is 36.9 Å². The normalized spacial score (nSPS) is 22.2. The molecular weight excluding hydrogens is 300 g/mol. The number of likely N-dealkylation sites (tertiary alicyclic amines) is 1. The predicted molar refractivity (Wildman–Crippen MR) is 96.7 cm³/mol. The van der Waals surface area contributed by atoms with Crippen LogP contribution in [0.25, 0.3) is 0 Å². The molecule has 1 saturated heterocycles. The number of amides is 1. The van der Waals surface area contributed by atoms with Crippen molar-refractivity contribution in [2.75, 3.05) is 19.6 Å². The lowest BCUT2D eigenvalue weighted by atomic mass is 9.98. The van der Waals surface area contributed by atoms with Crippen LogP contribution in [-0.4, -0.2) is 36.7 Å². The van der Waals surface area contributed by atoms with E-state index in [0.29, 0.717) is 24.3 Å². The Bertz CT molecular complexity index is 573. The van der Waals surface area contributed by atoms with Gasteiger partial charge in [0.1, 0.15) is 5.75 Å². The van der Waals surface area contributed by atoms with Crippen LogP contribution in [0.3, 0.4) is 0 Å². The number of fused-ring (bicyclic) bond motifs is 3. The van der Waals surface area contributed by atoms with Crippen LogP contribution >= 0.6 is 0 Å². The van der Waals surface area contributed by atoms with Crippen LogP contribution in [-0.2, 0) is 6.42 Å². The summed E-state index contributed by atoms with van der Waals surface area (Å²) in [7, 11) is 0. The predicted octanol–water partition coefficient (Wildman–Crippen LogP) is 4.09. The number of nitrogens with one attached hydrogen (secondary N) is 1. The summed E-state index contributed by atoms with van der Waals surface area (Å²) < 4.78 is 5.48. The van der Waals surface area contributed by atoms with E-state index < -0.39 is 0 Å². The van der Waals surface area contributed by atoms with Gasteiger partial charge in [0.05, 0.1) is 0 Å². The van der Waals surface area contributed by atoms with E-state index in [9.17, 15) is 4.79 Å². The van der Waals surface area contributed by atoms with Gasteiger partial charge in [-0.05, 0) is 55.6 Å². The van der Waals surface area contributed by atoms with Gasteiger partial charge in [0.2, 0.25) is 0 Å². The van der Waals surface area contributed by atoms with Crippen LogP contribution in [0.15, 0.2) is 18.2 Å². The molecule has 24 heavy (non-hydrogen) atoms. The summed E-state index contributed by atoms with van der Waals surface area (Å²) in [6.07, 6.45) is 6.63. The van der Waals surface area contributed by atoms with Gasteiger partial charge in [-0.3, -0.25) is 4.90 Å². The number of carbonyl (C=O) groups excluding carboxylic acids is 1. The van der Waals surface area contributed by atoms with Crippen molar-refractivity contribution >= 4 is 6.09 Å². The second-order valence-electron chi connectivity index (χ2n) is 7.03. The summed E-state index contributed by atoms with van der Waals surface area (Å²) in [6, 6.07) is 6.82. The zero-order valence-electron chi connectivity index (χ0n) is 15.0. The number of unbranched alkanes of at least 4 members (excludes halogenated alkanes) is 3. The first-order valence-corrected chi connectivity index (χ1v) is 9.55. The van der Waals surface area contributed by atoms with Gasteiger partial charge in [0.25, 0.3) is 0 Å². The molecule has 2 aliphatic rings. The fourth-order valence-corrected chi connectivity index (χ4v) is 4.22. The number of hydrogen-bond donors (Lipinski definition) is 1. The van der Waals surface area contributed by atoms with E-state index in [4.69, 9.17) is 4.74 Å². The molecule has 4 heteroatoms. The molecule has 1 heterocycles. The summed E-state index contributed by atoms with van der Waals surface area (Å²) in [5.74, 6) is 1.29. The number of hydrogen-bond acceptors (Lipinski definition) is 3. The third kappa shape index (κ3) is 3.75. The highest BCUT2D eigenvalue weighted by Gasteiger charge is 2.40. The van der Waals surface area contributed by atoms with Crippen molar-refractivity contribution in [1.29, 1.82) is 0 Å². The quantitative estimate of drug-likeness (QED) is 0.766. The fourth-order valence-electron chi connectivity index (χ4n) is 4.22. The summed E-state index contributed by atoms with van der Waals surface area (Å²) in [4.78, 5) is 14.5. The van der Waals surface area contributed by atoms with E-state index in [1.54, 1.807) is 0 Å². The summed E-state index contributed by atoms with van der Waals surface area (Å²) in [6.45, 7) is 7.43. The molecule has 0 aromatic heterocycles. The molecule has 4 nitrogen and oxygen atoms in total.